The zero-order chi connectivity index (χ0) is 15.0. The number of rotatable bonds is 8. The number of oxime groups is 1. The molecular weight excluding hydrogens is 246 g/mol. The maximum Gasteiger partial charge on any atom is 0.233 e. The first kappa shape index (κ1) is 17.7. The summed E-state index contributed by atoms with van der Waals surface area (Å²) in [6.45, 7) is 8.74. The number of amides is 1. The van der Waals surface area contributed by atoms with E-state index in [9.17, 15) is 4.79 Å². The van der Waals surface area contributed by atoms with Gasteiger partial charge in [-0.15, -0.1) is 0 Å². The number of nitrogens with zero attached hydrogens (tertiary/aromatic N) is 2. The van der Waals surface area contributed by atoms with Crippen molar-refractivity contribution < 1.29 is 14.7 Å². The van der Waals surface area contributed by atoms with Crippen LogP contribution in [0.15, 0.2) is 5.16 Å². The van der Waals surface area contributed by atoms with Gasteiger partial charge in [-0.25, -0.2) is 0 Å². The van der Waals surface area contributed by atoms with Gasteiger partial charge in [0.15, 0.2) is 5.84 Å². The molecule has 0 aliphatic rings. The monoisotopic (exact) mass is 273 g/mol. The van der Waals surface area contributed by atoms with E-state index in [0.29, 0.717) is 13.2 Å². The Balaban J connectivity index is 5.12. The largest absolute Gasteiger partial charge is 0.409 e. The van der Waals surface area contributed by atoms with E-state index >= 15 is 0 Å². The van der Waals surface area contributed by atoms with Crippen LogP contribution < -0.4 is 5.73 Å². The van der Waals surface area contributed by atoms with Crippen LogP contribution in [0.2, 0.25) is 0 Å². The quantitative estimate of drug-likeness (QED) is 0.302. The first-order valence-corrected chi connectivity index (χ1v) is 6.67. The van der Waals surface area contributed by atoms with Crippen LogP contribution in [0.25, 0.3) is 0 Å². The van der Waals surface area contributed by atoms with Crippen LogP contribution in [0.5, 0.6) is 0 Å². The Morgan fingerprint density at radius 2 is 2.00 bits per heavy atom. The molecule has 0 aromatic heterocycles. The Kier molecular flexibility index (Phi) is 8.14. The van der Waals surface area contributed by atoms with Crippen molar-refractivity contribution in [2.24, 2.45) is 22.7 Å². The van der Waals surface area contributed by atoms with Crippen molar-refractivity contribution in [1.29, 1.82) is 0 Å². The second kappa shape index (κ2) is 8.74. The van der Waals surface area contributed by atoms with E-state index in [-0.39, 0.29) is 23.7 Å². The van der Waals surface area contributed by atoms with Crippen LogP contribution in [0.4, 0.5) is 0 Å². The number of amidine groups is 1. The Labute approximate surface area is 115 Å². The second-order valence-corrected chi connectivity index (χ2v) is 5.03. The van der Waals surface area contributed by atoms with Gasteiger partial charge in [-0.1, -0.05) is 25.9 Å². The van der Waals surface area contributed by atoms with Gasteiger partial charge in [0.2, 0.25) is 5.91 Å². The minimum atomic E-state index is -0.601. The van der Waals surface area contributed by atoms with Gasteiger partial charge in [0, 0.05) is 19.7 Å². The summed E-state index contributed by atoms with van der Waals surface area (Å²) in [5.41, 5.74) is 5.65. The minimum absolute atomic E-state index is 0.0301. The fraction of sp³-hybridized carbons (Fsp3) is 0.846. The van der Waals surface area contributed by atoms with E-state index in [0.717, 1.165) is 6.42 Å². The van der Waals surface area contributed by atoms with Gasteiger partial charge in [0.25, 0.3) is 0 Å². The lowest BCUT2D eigenvalue weighted by atomic mass is 9.92. The molecule has 6 nitrogen and oxygen atoms in total. The number of nitrogens with two attached hydrogens (primary N) is 1. The van der Waals surface area contributed by atoms with Crippen LogP contribution in [-0.2, 0) is 9.53 Å². The molecule has 0 saturated carbocycles. The van der Waals surface area contributed by atoms with Gasteiger partial charge in [0.05, 0.1) is 6.61 Å². The second-order valence-electron chi connectivity index (χ2n) is 5.03. The van der Waals surface area contributed by atoms with E-state index in [1.807, 2.05) is 27.7 Å². The lowest BCUT2D eigenvalue weighted by Gasteiger charge is -2.32. The van der Waals surface area contributed by atoms with Crippen LogP contribution in [0, 0.1) is 11.8 Å². The number of hydrogen-bond donors (Lipinski definition) is 2. The maximum atomic E-state index is 12.6. The average Bonchev–Trinajstić information content (AvgIpc) is 2.38. The van der Waals surface area contributed by atoms with Gasteiger partial charge in [-0.3, -0.25) is 4.79 Å². The zero-order valence-corrected chi connectivity index (χ0v) is 12.6. The summed E-state index contributed by atoms with van der Waals surface area (Å²) in [7, 11) is 1.60. The van der Waals surface area contributed by atoms with E-state index in [4.69, 9.17) is 15.7 Å². The average molecular weight is 273 g/mol. The number of hydrogen-bond acceptors (Lipinski definition) is 4. The van der Waals surface area contributed by atoms with Gasteiger partial charge in [-0.05, 0) is 19.3 Å². The molecule has 19 heavy (non-hydrogen) atoms. The first-order valence-electron chi connectivity index (χ1n) is 6.67. The molecule has 0 bridgehead atoms. The predicted molar refractivity (Wildman–Crippen MR) is 75.1 cm³/mol. The van der Waals surface area contributed by atoms with Crippen molar-refractivity contribution in [1.82, 2.24) is 4.90 Å². The van der Waals surface area contributed by atoms with Crippen LogP contribution >= 0.6 is 0 Å². The maximum absolute atomic E-state index is 12.6. The number of ether oxygens (including phenoxy) is 1. The Hall–Kier alpha value is -1.30. The topological polar surface area (TPSA) is 88.2 Å². The molecule has 6 heteroatoms. The molecule has 0 rings (SSSR count). The van der Waals surface area contributed by atoms with Crippen LogP contribution in [0.3, 0.4) is 0 Å². The van der Waals surface area contributed by atoms with Gasteiger partial charge >= 0.3 is 0 Å². The van der Waals surface area contributed by atoms with Crippen LogP contribution in [-0.4, -0.2) is 48.2 Å². The molecule has 1 amide bonds. The van der Waals surface area contributed by atoms with E-state index in [1.165, 1.54) is 0 Å². The summed E-state index contributed by atoms with van der Waals surface area (Å²) in [6.07, 6.45) is 0.844. The lowest BCUT2D eigenvalue weighted by molar-refractivity contribution is -0.137. The fourth-order valence-corrected chi connectivity index (χ4v) is 1.95. The molecule has 2 atom stereocenters. The molecule has 0 aliphatic carbocycles. The standard InChI is InChI=1S/C13H27N3O3/c1-6-10(4)16(7-8-19-5)13(17)11(9(2)3)12(14)15-18/h9-11,18H,6-8H2,1-5H3,(H2,14,15). The third kappa shape index (κ3) is 5.06. The van der Waals surface area contributed by atoms with Gasteiger partial charge in [0.1, 0.15) is 5.92 Å². The highest BCUT2D eigenvalue weighted by molar-refractivity contribution is 6.02. The molecule has 0 spiro atoms. The molecule has 3 N–H and O–H groups in total. The predicted octanol–water partition coefficient (Wildman–Crippen LogP) is 1.28. The molecule has 112 valence electrons. The van der Waals surface area contributed by atoms with E-state index < -0.39 is 5.92 Å². The molecular formula is C13H27N3O3. The third-order valence-electron chi connectivity index (χ3n) is 3.31. The fourth-order valence-electron chi connectivity index (χ4n) is 1.95. The number of carbonyl (C=O) groups is 1. The molecule has 0 heterocycles. The smallest absolute Gasteiger partial charge is 0.233 e. The van der Waals surface area contributed by atoms with Crippen molar-refractivity contribution in [2.45, 2.75) is 40.2 Å². The molecule has 0 saturated heterocycles. The molecule has 0 aromatic rings. The van der Waals surface area contributed by atoms with Crippen molar-refractivity contribution in [3.05, 3.63) is 0 Å². The minimum Gasteiger partial charge on any atom is -0.409 e. The lowest BCUT2D eigenvalue weighted by Crippen LogP contribution is -2.48. The highest BCUT2D eigenvalue weighted by Crippen LogP contribution is 2.17. The SMILES string of the molecule is CCC(C)N(CCOC)C(=O)C(C(N)=NO)C(C)C. The van der Waals surface area contributed by atoms with Crippen molar-refractivity contribution in [2.75, 3.05) is 20.3 Å². The molecule has 0 aliphatic heterocycles. The molecule has 0 aromatic carbocycles. The Morgan fingerprint density at radius 3 is 2.37 bits per heavy atom. The summed E-state index contributed by atoms with van der Waals surface area (Å²) in [6, 6.07) is 0.0930. The summed E-state index contributed by atoms with van der Waals surface area (Å²) >= 11 is 0. The van der Waals surface area contributed by atoms with Crippen LogP contribution in [0.1, 0.15) is 34.1 Å². The molecule has 2 unspecified atom stereocenters. The molecule has 0 radical (unpaired) electrons. The summed E-state index contributed by atoms with van der Waals surface area (Å²) < 4.78 is 5.04. The first-order chi connectivity index (χ1) is 8.90. The highest BCUT2D eigenvalue weighted by atomic mass is 16.5. The highest BCUT2D eigenvalue weighted by Gasteiger charge is 2.32. The normalized spacial score (nSPS) is 15.4. The number of carbonyl (C=O) groups excluding carboxylic acids is 1. The van der Waals surface area contributed by atoms with E-state index in [2.05, 4.69) is 5.16 Å². The Morgan fingerprint density at radius 1 is 1.42 bits per heavy atom. The van der Waals surface area contributed by atoms with Crippen molar-refractivity contribution >= 4 is 11.7 Å². The number of methoxy groups -OCH3 is 1. The summed E-state index contributed by atoms with van der Waals surface area (Å²) in [5.74, 6) is -0.782. The van der Waals surface area contributed by atoms with Gasteiger partial charge in [-0.2, -0.15) is 0 Å². The van der Waals surface area contributed by atoms with Gasteiger partial charge < -0.3 is 20.6 Å². The van der Waals surface area contributed by atoms with Crippen molar-refractivity contribution in [3.8, 4) is 0 Å². The molecule has 0 fully saturated rings. The Bertz CT molecular complexity index is 306. The zero-order valence-electron chi connectivity index (χ0n) is 12.6. The summed E-state index contributed by atoms with van der Waals surface area (Å²) in [5, 5.41) is 11.8. The third-order valence-corrected chi connectivity index (χ3v) is 3.31. The van der Waals surface area contributed by atoms with E-state index in [1.54, 1.807) is 12.0 Å². The van der Waals surface area contributed by atoms with Crippen molar-refractivity contribution in [3.63, 3.8) is 0 Å². The summed E-state index contributed by atoms with van der Waals surface area (Å²) in [4.78, 5) is 14.3.